The van der Waals surface area contributed by atoms with E-state index in [-0.39, 0.29) is 5.11 Å². The Labute approximate surface area is 158 Å². The number of halogens is 3. The van der Waals surface area contributed by atoms with Crippen LogP contribution in [0.1, 0.15) is 25.3 Å². The molecule has 124 valence electrons. The van der Waals surface area contributed by atoms with Crippen LogP contribution in [-0.4, -0.2) is 19.8 Å². The summed E-state index contributed by atoms with van der Waals surface area (Å²) in [7, 11) is 0. The number of aryl methyl sites for hydroxylation is 1. The van der Waals surface area contributed by atoms with E-state index < -0.39 is 9.70 Å². The highest BCUT2D eigenvalue weighted by atomic mass is 35.6. The zero-order valence-electron chi connectivity index (χ0n) is 12.2. The molecule has 2 N–H and O–H groups in total. The van der Waals surface area contributed by atoms with Gasteiger partial charge in [-0.1, -0.05) is 65.6 Å². The number of hydrogen-bond donors (Lipinski definition) is 2. The molecule has 0 fully saturated rings. The number of thiocarbonyl (C=S) groups is 1. The fourth-order valence-corrected chi connectivity index (χ4v) is 3.19. The number of fused-ring (bicyclic) bond motifs is 1. The monoisotopic (exact) mass is 409 g/mol. The number of rotatable bonds is 4. The molecule has 0 saturated heterocycles. The molecule has 0 saturated carbocycles. The van der Waals surface area contributed by atoms with Gasteiger partial charge in [0.2, 0.25) is 0 Å². The molecule has 2 aromatic rings. The molecule has 0 bridgehead atoms. The van der Waals surface area contributed by atoms with Crippen LogP contribution in [0.3, 0.4) is 0 Å². The van der Waals surface area contributed by atoms with E-state index in [0.717, 1.165) is 29.5 Å². The van der Waals surface area contributed by atoms with Gasteiger partial charge in [-0.3, -0.25) is 10.1 Å². The summed E-state index contributed by atoms with van der Waals surface area (Å²) in [6, 6.07) is 6.17. The number of nitrogens with zero attached hydrogens (tertiary/aromatic N) is 1. The van der Waals surface area contributed by atoms with Gasteiger partial charge in [0.25, 0.3) is 9.70 Å². The SMILES string of the molecule is CCCCc1ccc2nc(NC(=S)NC(=O)C(Cl)(Cl)Cl)sc2c1. The molecule has 4 nitrogen and oxygen atoms in total. The van der Waals surface area contributed by atoms with E-state index in [9.17, 15) is 4.79 Å². The number of benzene rings is 1. The number of thiazole rings is 1. The summed E-state index contributed by atoms with van der Waals surface area (Å²) in [5.74, 6) is -0.817. The van der Waals surface area contributed by atoms with Crippen molar-refractivity contribution >= 4 is 84.7 Å². The second-order valence-corrected chi connectivity index (χ2v) is 8.55. The minimum atomic E-state index is -2.06. The second kappa shape index (κ2) is 7.94. The number of amides is 1. The lowest BCUT2D eigenvalue weighted by Crippen LogP contribution is -2.41. The first-order valence-electron chi connectivity index (χ1n) is 6.88. The summed E-state index contributed by atoms with van der Waals surface area (Å²) < 4.78 is -1.01. The Morgan fingerprint density at radius 3 is 2.78 bits per heavy atom. The van der Waals surface area contributed by atoms with Gasteiger partial charge < -0.3 is 5.32 Å². The van der Waals surface area contributed by atoms with Crippen molar-refractivity contribution in [2.45, 2.75) is 30.0 Å². The van der Waals surface area contributed by atoms with Crippen molar-refractivity contribution < 1.29 is 4.79 Å². The van der Waals surface area contributed by atoms with Crippen LogP contribution >= 0.6 is 58.4 Å². The minimum Gasteiger partial charge on any atom is -0.308 e. The van der Waals surface area contributed by atoms with Crippen LogP contribution in [0.4, 0.5) is 5.13 Å². The number of carbonyl (C=O) groups is 1. The zero-order valence-corrected chi connectivity index (χ0v) is 16.1. The van der Waals surface area contributed by atoms with Gasteiger partial charge in [-0.15, -0.1) is 0 Å². The first-order chi connectivity index (χ1) is 10.8. The van der Waals surface area contributed by atoms with Crippen LogP contribution in [0.15, 0.2) is 18.2 Å². The van der Waals surface area contributed by atoms with Crippen molar-refractivity contribution in [3.05, 3.63) is 23.8 Å². The number of anilines is 1. The maximum atomic E-state index is 11.5. The minimum absolute atomic E-state index is 0.0339. The summed E-state index contributed by atoms with van der Waals surface area (Å²) in [4.78, 5) is 15.9. The Kier molecular flexibility index (Phi) is 6.45. The molecule has 0 aliphatic rings. The summed E-state index contributed by atoms with van der Waals surface area (Å²) in [5, 5.41) is 5.74. The number of aromatic nitrogens is 1. The molecule has 9 heteroatoms. The molecule has 0 aliphatic heterocycles. The van der Waals surface area contributed by atoms with Crippen LogP contribution in [0, 0.1) is 0 Å². The molecule has 23 heavy (non-hydrogen) atoms. The molecule has 1 heterocycles. The van der Waals surface area contributed by atoms with E-state index in [1.54, 1.807) is 0 Å². The van der Waals surface area contributed by atoms with E-state index >= 15 is 0 Å². The molecule has 1 aromatic carbocycles. The molecule has 0 spiro atoms. The Morgan fingerprint density at radius 2 is 2.13 bits per heavy atom. The average molecular weight is 411 g/mol. The molecular weight excluding hydrogens is 397 g/mol. The normalized spacial score (nSPS) is 11.5. The Hall–Kier alpha value is -0.660. The van der Waals surface area contributed by atoms with E-state index in [2.05, 4.69) is 34.7 Å². The topological polar surface area (TPSA) is 54.0 Å². The Bertz CT molecular complexity index is 728. The molecular formula is C14H14Cl3N3OS2. The largest absolute Gasteiger partial charge is 0.308 e. The first-order valence-corrected chi connectivity index (χ1v) is 9.24. The van der Waals surface area contributed by atoms with Gasteiger partial charge in [-0.25, -0.2) is 4.98 Å². The fourth-order valence-electron chi connectivity index (χ4n) is 1.86. The van der Waals surface area contributed by atoms with Crippen LogP contribution in [0.25, 0.3) is 10.2 Å². The maximum absolute atomic E-state index is 11.5. The van der Waals surface area contributed by atoms with Crippen LogP contribution in [0.2, 0.25) is 0 Å². The molecule has 0 aliphatic carbocycles. The highest BCUT2D eigenvalue weighted by Crippen LogP contribution is 2.28. The predicted molar refractivity (Wildman–Crippen MR) is 103 cm³/mol. The number of nitrogens with one attached hydrogen (secondary N) is 2. The van der Waals surface area contributed by atoms with Crippen molar-refractivity contribution in [1.82, 2.24) is 10.3 Å². The van der Waals surface area contributed by atoms with Gasteiger partial charge in [0, 0.05) is 0 Å². The highest BCUT2D eigenvalue weighted by Gasteiger charge is 2.31. The number of alkyl halides is 3. The van der Waals surface area contributed by atoms with Gasteiger partial charge in [0.05, 0.1) is 10.2 Å². The third-order valence-corrected chi connectivity index (χ3v) is 4.63. The standard InChI is InChI=1S/C14H14Cl3N3OS2/c1-2-3-4-8-5-6-9-10(7-8)23-13(18-9)20-12(22)19-11(21)14(15,16)17/h5-7H,2-4H2,1H3,(H2,18,19,20,21,22). The molecule has 0 atom stereocenters. The van der Waals surface area contributed by atoms with Crippen LogP contribution in [0.5, 0.6) is 0 Å². The number of unbranched alkanes of at least 4 members (excludes halogenated alkanes) is 1. The lowest BCUT2D eigenvalue weighted by molar-refractivity contribution is -0.118. The Balaban J connectivity index is 2.06. The molecule has 0 radical (unpaired) electrons. The number of hydrogen-bond acceptors (Lipinski definition) is 4. The van der Waals surface area contributed by atoms with Gasteiger partial charge in [0.15, 0.2) is 10.2 Å². The van der Waals surface area contributed by atoms with Crippen molar-refractivity contribution in [2.75, 3.05) is 5.32 Å². The summed E-state index contributed by atoms with van der Waals surface area (Å²) in [6.07, 6.45) is 3.36. The molecule has 1 aromatic heterocycles. The quantitative estimate of drug-likeness (QED) is 0.560. The zero-order chi connectivity index (χ0) is 17.0. The third-order valence-electron chi connectivity index (χ3n) is 2.98. The fraction of sp³-hybridized carbons (Fsp3) is 0.357. The van der Waals surface area contributed by atoms with Crippen molar-refractivity contribution in [3.8, 4) is 0 Å². The maximum Gasteiger partial charge on any atom is 0.278 e. The third kappa shape index (κ3) is 5.43. The smallest absolute Gasteiger partial charge is 0.278 e. The molecule has 1 amide bonds. The van der Waals surface area contributed by atoms with E-state index in [1.807, 2.05) is 6.07 Å². The van der Waals surface area contributed by atoms with Gasteiger partial charge in [0.1, 0.15) is 0 Å². The van der Waals surface area contributed by atoms with Crippen molar-refractivity contribution in [2.24, 2.45) is 0 Å². The summed E-state index contributed by atoms with van der Waals surface area (Å²) in [6.45, 7) is 2.17. The van der Waals surface area contributed by atoms with E-state index in [4.69, 9.17) is 47.0 Å². The highest BCUT2D eigenvalue weighted by molar-refractivity contribution is 7.80. The average Bonchev–Trinajstić information content (AvgIpc) is 2.85. The van der Waals surface area contributed by atoms with Gasteiger partial charge in [-0.2, -0.15) is 0 Å². The molecule has 2 rings (SSSR count). The second-order valence-electron chi connectivity index (χ2n) is 4.83. The van der Waals surface area contributed by atoms with E-state index in [1.165, 1.54) is 16.9 Å². The number of carbonyl (C=O) groups excluding carboxylic acids is 1. The van der Waals surface area contributed by atoms with Gasteiger partial charge in [-0.05, 0) is 42.8 Å². The molecule has 0 unspecified atom stereocenters. The van der Waals surface area contributed by atoms with Crippen molar-refractivity contribution in [1.29, 1.82) is 0 Å². The lowest BCUT2D eigenvalue weighted by Gasteiger charge is -2.11. The van der Waals surface area contributed by atoms with Crippen LogP contribution in [-0.2, 0) is 11.2 Å². The first kappa shape index (κ1) is 18.7. The predicted octanol–water partition coefficient (Wildman–Crippen LogP) is 4.82. The van der Waals surface area contributed by atoms with Gasteiger partial charge >= 0.3 is 0 Å². The lowest BCUT2D eigenvalue weighted by atomic mass is 10.1. The van der Waals surface area contributed by atoms with Crippen LogP contribution < -0.4 is 10.6 Å². The summed E-state index contributed by atoms with van der Waals surface area (Å²) in [5.41, 5.74) is 2.15. The van der Waals surface area contributed by atoms with Crippen molar-refractivity contribution in [3.63, 3.8) is 0 Å². The van der Waals surface area contributed by atoms with E-state index in [0.29, 0.717) is 5.13 Å². The Morgan fingerprint density at radius 1 is 1.39 bits per heavy atom. The summed E-state index contributed by atoms with van der Waals surface area (Å²) >= 11 is 22.9.